The van der Waals surface area contributed by atoms with E-state index in [0.717, 1.165) is 23.4 Å². The van der Waals surface area contributed by atoms with Gasteiger partial charge in [0.15, 0.2) is 0 Å². The first-order chi connectivity index (χ1) is 12.0. The maximum absolute atomic E-state index is 12.3. The van der Waals surface area contributed by atoms with E-state index in [9.17, 15) is 4.79 Å². The van der Waals surface area contributed by atoms with Crippen LogP contribution in [0, 0.1) is 6.92 Å². The second-order valence-corrected chi connectivity index (χ2v) is 6.22. The third-order valence-electron chi connectivity index (χ3n) is 3.86. The zero-order valence-electron chi connectivity index (χ0n) is 14.8. The molecule has 0 fully saturated rings. The maximum Gasteiger partial charge on any atom is 0.339 e. The van der Waals surface area contributed by atoms with E-state index < -0.39 is 5.97 Å². The fourth-order valence-electron chi connectivity index (χ4n) is 2.19. The highest BCUT2D eigenvalue weighted by Gasteiger charge is 2.14. The van der Waals surface area contributed by atoms with Gasteiger partial charge in [0.1, 0.15) is 0 Å². The largest absolute Gasteiger partial charge is 0.462 e. The minimum absolute atomic E-state index is 0.319. The number of hydrogen-bond donors (Lipinski definition) is 0. The monoisotopic (exact) mass is 358 g/mol. The molecule has 132 valence electrons. The van der Waals surface area contributed by atoms with Gasteiger partial charge in [0, 0.05) is 20.0 Å². The first-order valence-corrected chi connectivity index (χ1v) is 8.64. The molecule has 0 N–H and O–H groups in total. The molecule has 2 aromatic carbocycles. The number of ether oxygens (including phenoxy) is 1. The van der Waals surface area contributed by atoms with Crippen molar-refractivity contribution in [2.24, 2.45) is 4.99 Å². The Balaban J connectivity index is 2.02. The van der Waals surface area contributed by atoms with Gasteiger partial charge in [-0.25, -0.2) is 9.79 Å². The van der Waals surface area contributed by atoms with Crippen molar-refractivity contribution in [3.8, 4) is 0 Å². The van der Waals surface area contributed by atoms with Gasteiger partial charge < -0.3 is 9.64 Å². The summed E-state index contributed by atoms with van der Waals surface area (Å²) in [7, 11) is 1.94. The quantitative estimate of drug-likeness (QED) is 0.410. The Morgan fingerprint density at radius 2 is 2.00 bits per heavy atom. The summed E-state index contributed by atoms with van der Waals surface area (Å²) >= 11 is 6.25. The molecule has 2 aromatic rings. The molecule has 4 nitrogen and oxygen atoms in total. The number of carbonyl (C=O) groups excluding carboxylic acids is 1. The summed E-state index contributed by atoms with van der Waals surface area (Å²) in [5, 5.41) is 0.349. The van der Waals surface area contributed by atoms with Gasteiger partial charge in [-0.3, -0.25) is 0 Å². The molecule has 0 unspecified atom stereocenters. The van der Waals surface area contributed by atoms with Crippen molar-refractivity contribution >= 4 is 29.6 Å². The molecular weight excluding hydrogens is 336 g/mol. The summed E-state index contributed by atoms with van der Waals surface area (Å²) < 4.78 is 5.35. The van der Waals surface area contributed by atoms with E-state index >= 15 is 0 Å². The average molecular weight is 359 g/mol. The van der Waals surface area contributed by atoms with Gasteiger partial charge in [0.05, 0.1) is 29.2 Å². The molecule has 0 saturated carbocycles. The van der Waals surface area contributed by atoms with Crippen LogP contribution in [-0.4, -0.2) is 37.4 Å². The highest BCUT2D eigenvalue weighted by molar-refractivity contribution is 6.33. The molecule has 0 aromatic heterocycles. The molecule has 2 rings (SSSR count). The Hall–Kier alpha value is -2.33. The third kappa shape index (κ3) is 5.61. The second kappa shape index (κ2) is 9.23. The van der Waals surface area contributed by atoms with Crippen molar-refractivity contribution in [1.82, 2.24) is 4.90 Å². The van der Waals surface area contributed by atoms with Gasteiger partial charge in [-0.15, -0.1) is 0 Å². The second-order valence-electron chi connectivity index (χ2n) is 5.81. The summed E-state index contributed by atoms with van der Waals surface area (Å²) in [4.78, 5) is 18.6. The Bertz CT molecular complexity index is 745. The first-order valence-electron chi connectivity index (χ1n) is 8.27. The van der Waals surface area contributed by atoms with Crippen molar-refractivity contribution in [2.75, 3.05) is 20.2 Å². The number of aliphatic imine (C=N–C) groups is 1. The summed E-state index contributed by atoms with van der Waals surface area (Å²) in [5.74, 6) is -0.412. The third-order valence-corrected chi connectivity index (χ3v) is 4.18. The van der Waals surface area contributed by atoms with Gasteiger partial charge in [0.25, 0.3) is 0 Å². The van der Waals surface area contributed by atoms with E-state index in [0.29, 0.717) is 23.6 Å². The Labute approximate surface area is 154 Å². The number of benzene rings is 2. The molecule has 0 heterocycles. The van der Waals surface area contributed by atoms with E-state index in [4.69, 9.17) is 16.3 Å². The zero-order chi connectivity index (χ0) is 18.2. The van der Waals surface area contributed by atoms with Crippen LogP contribution in [0.2, 0.25) is 5.02 Å². The number of esters is 1. The Morgan fingerprint density at radius 1 is 1.28 bits per heavy atom. The van der Waals surface area contributed by atoms with Gasteiger partial charge in [0.2, 0.25) is 0 Å². The molecular formula is C20H23ClN2O2. The predicted octanol–water partition coefficient (Wildman–Crippen LogP) is 4.66. The van der Waals surface area contributed by atoms with Crippen LogP contribution >= 0.6 is 11.6 Å². The van der Waals surface area contributed by atoms with Crippen molar-refractivity contribution in [3.63, 3.8) is 0 Å². The van der Waals surface area contributed by atoms with Crippen molar-refractivity contribution in [3.05, 3.63) is 64.2 Å². The summed E-state index contributed by atoms with van der Waals surface area (Å²) in [6.45, 7) is 5.12. The van der Waals surface area contributed by atoms with Crippen LogP contribution in [0.3, 0.4) is 0 Å². The van der Waals surface area contributed by atoms with Crippen LogP contribution in [0.1, 0.15) is 28.4 Å². The lowest BCUT2D eigenvalue weighted by Gasteiger charge is -2.11. The lowest BCUT2D eigenvalue weighted by Crippen LogP contribution is -2.14. The molecule has 0 aliphatic rings. The number of nitrogens with zero attached hydrogens (tertiary/aromatic N) is 2. The molecule has 0 aliphatic carbocycles. The number of carbonyl (C=O) groups is 1. The van der Waals surface area contributed by atoms with E-state index in [1.807, 2.05) is 56.1 Å². The van der Waals surface area contributed by atoms with Crippen molar-refractivity contribution < 1.29 is 9.53 Å². The molecule has 0 amide bonds. The number of rotatable bonds is 7. The minimum atomic E-state index is -0.412. The SMILES string of the molecule is CCN(C)C=Nc1cc(Cl)c(C(=O)OCCc2ccccc2)cc1C. The standard InChI is InChI=1S/C20H23ClN2O2/c1-4-23(3)14-22-19-13-18(21)17(12-15(19)2)20(24)25-11-10-16-8-6-5-7-9-16/h5-9,12-14H,4,10-11H2,1-3H3. The fourth-order valence-corrected chi connectivity index (χ4v) is 2.43. The van der Waals surface area contributed by atoms with Crippen LogP contribution in [0.15, 0.2) is 47.5 Å². The van der Waals surface area contributed by atoms with Gasteiger partial charge in [-0.1, -0.05) is 41.9 Å². The van der Waals surface area contributed by atoms with E-state index in [1.165, 1.54) is 0 Å². The molecule has 0 radical (unpaired) electrons. The summed E-state index contributed by atoms with van der Waals surface area (Å²) in [6, 6.07) is 13.3. The normalized spacial score (nSPS) is 10.9. The fraction of sp³-hybridized carbons (Fsp3) is 0.300. The molecule has 0 saturated heterocycles. The van der Waals surface area contributed by atoms with E-state index in [1.54, 1.807) is 18.5 Å². The Morgan fingerprint density at radius 3 is 2.68 bits per heavy atom. The number of aryl methyl sites for hydroxylation is 1. The van der Waals surface area contributed by atoms with Crippen molar-refractivity contribution in [1.29, 1.82) is 0 Å². The average Bonchev–Trinajstić information content (AvgIpc) is 2.62. The van der Waals surface area contributed by atoms with E-state index in [2.05, 4.69) is 4.99 Å². The topological polar surface area (TPSA) is 41.9 Å². The molecule has 0 bridgehead atoms. The molecule has 5 heteroatoms. The predicted molar refractivity (Wildman–Crippen MR) is 103 cm³/mol. The van der Waals surface area contributed by atoms with Crippen LogP contribution in [0.4, 0.5) is 5.69 Å². The molecule has 25 heavy (non-hydrogen) atoms. The lowest BCUT2D eigenvalue weighted by molar-refractivity contribution is 0.0509. The van der Waals surface area contributed by atoms with Gasteiger partial charge in [-0.2, -0.15) is 0 Å². The smallest absolute Gasteiger partial charge is 0.339 e. The Kier molecular flexibility index (Phi) is 7.02. The minimum Gasteiger partial charge on any atom is -0.462 e. The number of hydrogen-bond acceptors (Lipinski definition) is 3. The number of halogens is 1. The van der Waals surface area contributed by atoms with E-state index in [-0.39, 0.29) is 0 Å². The molecule has 0 spiro atoms. The molecule has 0 aliphatic heterocycles. The summed E-state index contributed by atoms with van der Waals surface area (Å²) in [6.07, 6.45) is 2.42. The van der Waals surface area contributed by atoms with Gasteiger partial charge >= 0.3 is 5.97 Å². The van der Waals surface area contributed by atoms with Gasteiger partial charge in [-0.05, 0) is 37.1 Å². The first kappa shape index (κ1) is 19.0. The molecule has 0 atom stereocenters. The highest BCUT2D eigenvalue weighted by Crippen LogP contribution is 2.27. The summed E-state index contributed by atoms with van der Waals surface area (Å²) in [5.41, 5.74) is 3.11. The van der Waals surface area contributed by atoms with Crippen LogP contribution in [-0.2, 0) is 11.2 Å². The highest BCUT2D eigenvalue weighted by atomic mass is 35.5. The van der Waals surface area contributed by atoms with Crippen LogP contribution < -0.4 is 0 Å². The van der Waals surface area contributed by atoms with Crippen molar-refractivity contribution in [2.45, 2.75) is 20.3 Å². The maximum atomic E-state index is 12.3. The van der Waals surface area contributed by atoms with Crippen LogP contribution in [0.5, 0.6) is 0 Å². The lowest BCUT2D eigenvalue weighted by atomic mass is 10.1. The van der Waals surface area contributed by atoms with Crippen LogP contribution in [0.25, 0.3) is 0 Å². The zero-order valence-corrected chi connectivity index (χ0v) is 15.6.